The minimum atomic E-state index is -2.42. The number of nitrogens with zero attached hydrogens (tertiary/aromatic N) is 2. The maximum Gasteiger partial charge on any atom is 0.255 e. The van der Waals surface area contributed by atoms with Crippen LogP contribution in [0.1, 0.15) is 0 Å². The normalized spacial score (nSPS) is 10.6. The van der Waals surface area contributed by atoms with E-state index in [1.807, 2.05) is 0 Å². The van der Waals surface area contributed by atoms with Gasteiger partial charge >= 0.3 is 0 Å². The minimum Gasteiger partial charge on any atom is -0.481 e. The molecule has 1 aromatic rings. The minimum absolute atomic E-state index is 0.269. The topological polar surface area (TPSA) is 25.4 Å². The highest BCUT2D eigenvalue weighted by molar-refractivity contribution is 6.18. The highest BCUT2D eigenvalue weighted by atomic mass is 35.5. The Morgan fingerprint density at radius 1 is 1.50 bits per heavy atom. The summed E-state index contributed by atoms with van der Waals surface area (Å²) in [5.41, 5.74) is 0. The van der Waals surface area contributed by atoms with E-state index in [1.165, 1.54) is 12.0 Å². The lowest BCUT2D eigenvalue weighted by Crippen LogP contribution is -2.31. The van der Waals surface area contributed by atoms with Crippen LogP contribution >= 0.6 is 11.6 Å². The molecule has 0 aliphatic rings. The van der Waals surface area contributed by atoms with Gasteiger partial charge in [-0.25, -0.2) is 8.78 Å². The van der Waals surface area contributed by atoms with E-state index < -0.39 is 6.43 Å². The lowest BCUT2D eigenvalue weighted by atomic mass is 10.4. The number of hydrogen-bond donors (Lipinski definition) is 0. The number of alkyl halides is 3. The van der Waals surface area contributed by atoms with Gasteiger partial charge in [0.25, 0.3) is 6.43 Å². The number of aromatic nitrogens is 1. The first-order valence-electron chi connectivity index (χ1n) is 4.77. The van der Waals surface area contributed by atoms with Gasteiger partial charge in [0.2, 0.25) is 5.88 Å². The maximum absolute atomic E-state index is 12.3. The van der Waals surface area contributed by atoms with Gasteiger partial charge in [-0.15, -0.1) is 11.6 Å². The molecule has 0 bridgehead atoms. The molecule has 0 aliphatic carbocycles. The second-order valence-corrected chi connectivity index (χ2v) is 3.44. The van der Waals surface area contributed by atoms with E-state index in [0.29, 0.717) is 18.2 Å². The summed E-state index contributed by atoms with van der Waals surface area (Å²) in [4.78, 5) is 5.51. The van der Waals surface area contributed by atoms with Crippen LogP contribution < -0.4 is 9.64 Å². The maximum atomic E-state index is 12.3. The SMILES string of the molecule is COc1cccc(N(CCCl)CC(F)F)n1. The van der Waals surface area contributed by atoms with E-state index >= 15 is 0 Å². The Hall–Kier alpha value is -1.10. The highest BCUT2D eigenvalue weighted by Gasteiger charge is 2.13. The third-order valence-electron chi connectivity index (χ3n) is 1.95. The molecule has 0 aromatic carbocycles. The van der Waals surface area contributed by atoms with Crippen molar-refractivity contribution in [3.63, 3.8) is 0 Å². The summed E-state index contributed by atoms with van der Waals surface area (Å²) >= 11 is 5.56. The van der Waals surface area contributed by atoms with Gasteiger partial charge in [-0.05, 0) is 6.07 Å². The van der Waals surface area contributed by atoms with Crippen LogP contribution in [0.4, 0.5) is 14.6 Å². The molecule has 1 aromatic heterocycles. The monoisotopic (exact) mass is 250 g/mol. The molecule has 0 N–H and O–H groups in total. The smallest absolute Gasteiger partial charge is 0.255 e. The molecule has 6 heteroatoms. The number of pyridine rings is 1. The number of halogens is 3. The number of methoxy groups -OCH3 is 1. The first kappa shape index (κ1) is 13.0. The first-order chi connectivity index (χ1) is 7.67. The summed E-state index contributed by atoms with van der Waals surface area (Å²) in [5.74, 6) is 1.11. The van der Waals surface area contributed by atoms with E-state index in [9.17, 15) is 8.78 Å². The van der Waals surface area contributed by atoms with Crippen LogP contribution in [-0.2, 0) is 0 Å². The Balaban J connectivity index is 2.82. The summed E-state index contributed by atoms with van der Waals surface area (Å²) < 4.78 is 29.6. The third kappa shape index (κ3) is 3.81. The summed E-state index contributed by atoms with van der Waals surface area (Å²) in [6, 6.07) is 5.01. The van der Waals surface area contributed by atoms with Crippen molar-refractivity contribution in [3.8, 4) is 5.88 Å². The second kappa shape index (κ2) is 6.48. The van der Waals surface area contributed by atoms with Gasteiger partial charge in [0.15, 0.2) is 0 Å². The van der Waals surface area contributed by atoms with Crippen molar-refractivity contribution in [3.05, 3.63) is 18.2 Å². The fourth-order valence-electron chi connectivity index (χ4n) is 1.26. The van der Waals surface area contributed by atoms with Crippen molar-refractivity contribution in [1.29, 1.82) is 0 Å². The molecule has 3 nitrogen and oxygen atoms in total. The lowest BCUT2D eigenvalue weighted by Gasteiger charge is -2.22. The fraction of sp³-hybridized carbons (Fsp3) is 0.500. The van der Waals surface area contributed by atoms with Crippen molar-refractivity contribution in [2.45, 2.75) is 6.43 Å². The molecule has 0 aliphatic heterocycles. The average molecular weight is 251 g/mol. The molecular formula is C10H13ClF2N2O. The van der Waals surface area contributed by atoms with Crippen molar-refractivity contribution < 1.29 is 13.5 Å². The van der Waals surface area contributed by atoms with Crippen LogP contribution in [0.15, 0.2) is 18.2 Å². The molecule has 0 spiro atoms. The summed E-state index contributed by atoms with van der Waals surface area (Å²) in [7, 11) is 1.48. The fourth-order valence-corrected chi connectivity index (χ4v) is 1.47. The van der Waals surface area contributed by atoms with Gasteiger partial charge < -0.3 is 9.64 Å². The molecule has 0 atom stereocenters. The summed E-state index contributed by atoms with van der Waals surface area (Å²) in [5, 5.41) is 0. The Morgan fingerprint density at radius 2 is 2.25 bits per heavy atom. The van der Waals surface area contributed by atoms with Gasteiger partial charge in [-0.1, -0.05) is 6.07 Å². The predicted octanol–water partition coefficient (Wildman–Crippen LogP) is 2.40. The molecule has 16 heavy (non-hydrogen) atoms. The average Bonchev–Trinajstić information content (AvgIpc) is 2.28. The molecule has 0 amide bonds. The first-order valence-corrected chi connectivity index (χ1v) is 5.31. The van der Waals surface area contributed by atoms with E-state index in [2.05, 4.69) is 4.98 Å². The zero-order valence-electron chi connectivity index (χ0n) is 8.87. The van der Waals surface area contributed by atoms with Crippen LogP contribution in [0, 0.1) is 0 Å². The zero-order valence-corrected chi connectivity index (χ0v) is 9.62. The quantitative estimate of drug-likeness (QED) is 0.725. The van der Waals surface area contributed by atoms with Crippen LogP contribution in [0.5, 0.6) is 5.88 Å². The standard InChI is InChI=1S/C10H13ClF2N2O/c1-16-10-4-2-3-9(14-10)15(6-5-11)7-8(12)13/h2-4,8H,5-7H2,1H3. The van der Waals surface area contributed by atoms with Crippen molar-refractivity contribution >= 4 is 17.4 Å². The summed E-state index contributed by atoms with van der Waals surface area (Å²) in [6.07, 6.45) is -2.42. The Bertz CT molecular complexity index is 325. The lowest BCUT2D eigenvalue weighted by molar-refractivity contribution is 0.155. The van der Waals surface area contributed by atoms with Gasteiger partial charge in [0.1, 0.15) is 5.82 Å². The van der Waals surface area contributed by atoms with Crippen molar-refractivity contribution in [2.75, 3.05) is 31.0 Å². The van der Waals surface area contributed by atoms with Crippen LogP contribution in [0.2, 0.25) is 0 Å². The van der Waals surface area contributed by atoms with Crippen molar-refractivity contribution in [2.24, 2.45) is 0 Å². The van der Waals surface area contributed by atoms with E-state index in [1.54, 1.807) is 18.2 Å². The molecule has 0 fully saturated rings. The van der Waals surface area contributed by atoms with E-state index in [4.69, 9.17) is 16.3 Å². The van der Waals surface area contributed by atoms with Crippen molar-refractivity contribution in [1.82, 2.24) is 4.98 Å². The van der Waals surface area contributed by atoms with Gasteiger partial charge in [-0.3, -0.25) is 0 Å². The van der Waals surface area contributed by atoms with E-state index in [-0.39, 0.29) is 12.4 Å². The van der Waals surface area contributed by atoms with Crippen LogP contribution in [0.3, 0.4) is 0 Å². The number of ether oxygens (including phenoxy) is 1. The predicted molar refractivity (Wildman–Crippen MR) is 59.7 cm³/mol. The largest absolute Gasteiger partial charge is 0.481 e. The number of rotatable bonds is 6. The third-order valence-corrected chi connectivity index (χ3v) is 2.12. The Kier molecular flexibility index (Phi) is 5.25. The molecular weight excluding hydrogens is 238 g/mol. The number of anilines is 1. The Morgan fingerprint density at radius 3 is 2.81 bits per heavy atom. The van der Waals surface area contributed by atoms with Gasteiger partial charge in [-0.2, -0.15) is 4.98 Å². The molecule has 0 saturated carbocycles. The molecule has 0 saturated heterocycles. The zero-order chi connectivity index (χ0) is 12.0. The summed E-state index contributed by atoms with van der Waals surface area (Å²) in [6.45, 7) is -0.0566. The van der Waals surface area contributed by atoms with Crippen LogP contribution in [0.25, 0.3) is 0 Å². The molecule has 1 heterocycles. The van der Waals surface area contributed by atoms with Gasteiger partial charge in [0.05, 0.1) is 13.7 Å². The van der Waals surface area contributed by atoms with Gasteiger partial charge in [0, 0.05) is 18.5 Å². The highest BCUT2D eigenvalue weighted by Crippen LogP contribution is 2.16. The molecule has 90 valence electrons. The Labute approximate surface area is 98.0 Å². The molecule has 0 unspecified atom stereocenters. The molecule has 1 rings (SSSR count). The van der Waals surface area contributed by atoms with Crippen LogP contribution in [-0.4, -0.2) is 37.5 Å². The molecule has 0 radical (unpaired) electrons. The number of hydrogen-bond acceptors (Lipinski definition) is 3. The van der Waals surface area contributed by atoms with E-state index in [0.717, 1.165) is 0 Å². The second-order valence-electron chi connectivity index (χ2n) is 3.06.